The average Bonchev–Trinajstić information content (AvgIpc) is 3.17. The summed E-state index contributed by atoms with van der Waals surface area (Å²) in [5.74, 6) is -0.103. The number of H-pyrrole nitrogens is 1. The summed E-state index contributed by atoms with van der Waals surface area (Å²) in [6.45, 7) is 5.22. The highest BCUT2D eigenvalue weighted by Gasteiger charge is 2.40. The van der Waals surface area contributed by atoms with Crippen LogP contribution in [0.25, 0.3) is 10.9 Å². The second kappa shape index (κ2) is 6.89. The van der Waals surface area contributed by atoms with Crippen LogP contribution in [-0.2, 0) is 5.41 Å². The van der Waals surface area contributed by atoms with Crippen molar-refractivity contribution >= 4 is 28.8 Å². The van der Waals surface area contributed by atoms with E-state index in [1.807, 2.05) is 24.3 Å². The predicted octanol–water partition coefficient (Wildman–Crippen LogP) is 3.63. The number of aliphatic hydroxyl groups is 1. The smallest absolute Gasteiger partial charge is 0.253 e. The molecule has 2 aliphatic rings. The largest absolute Gasteiger partial charge is 0.393 e. The molecule has 0 unspecified atom stereocenters. The fraction of sp³-hybridized carbons (Fsp3) is 0.320. The maximum atomic E-state index is 13.5. The average molecular weight is 415 g/mol. The second-order valence-electron chi connectivity index (χ2n) is 9.06. The summed E-state index contributed by atoms with van der Waals surface area (Å²) in [7, 11) is 0. The highest BCUT2D eigenvalue weighted by molar-refractivity contribution is 6.20. The Balaban J connectivity index is 1.60. The highest BCUT2D eigenvalue weighted by Crippen LogP contribution is 2.44. The van der Waals surface area contributed by atoms with Gasteiger partial charge in [-0.2, -0.15) is 0 Å². The number of amides is 1. The molecule has 0 saturated carbocycles. The molecule has 0 spiro atoms. The van der Waals surface area contributed by atoms with Gasteiger partial charge in [0.1, 0.15) is 0 Å². The minimum atomic E-state index is -0.489. The van der Waals surface area contributed by atoms with Crippen molar-refractivity contribution < 1.29 is 14.7 Å². The Labute approximate surface area is 180 Å². The van der Waals surface area contributed by atoms with E-state index in [0.29, 0.717) is 42.6 Å². The number of nitrogens with one attached hydrogen (secondary N) is 2. The third-order valence-electron chi connectivity index (χ3n) is 6.78. The van der Waals surface area contributed by atoms with Crippen LogP contribution in [0.15, 0.2) is 36.4 Å². The number of ketones is 1. The van der Waals surface area contributed by atoms with Gasteiger partial charge in [0.15, 0.2) is 5.78 Å². The molecule has 0 bridgehead atoms. The maximum Gasteiger partial charge on any atom is 0.253 e. The van der Waals surface area contributed by atoms with Crippen LogP contribution < -0.4 is 0 Å². The molecule has 2 heterocycles. The van der Waals surface area contributed by atoms with Gasteiger partial charge < -0.3 is 20.4 Å². The first kappa shape index (κ1) is 19.7. The lowest BCUT2D eigenvalue weighted by molar-refractivity contribution is 0.0546. The Kier molecular flexibility index (Phi) is 4.38. The monoisotopic (exact) mass is 415 g/mol. The first-order valence-corrected chi connectivity index (χ1v) is 10.6. The summed E-state index contributed by atoms with van der Waals surface area (Å²) in [5, 5.41) is 18.1. The van der Waals surface area contributed by atoms with Crippen molar-refractivity contribution in [1.82, 2.24) is 9.88 Å². The van der Waals surface area contributed by atoms with Gasteiger partial charge in [-0.15, -0.1) is 0 Å². The molecular formula is C25H25N3O3. The number of likely N-dealkylation sites (tertiary alicyclic amines) is 1. The summed E-state index contributed by atoms with van der Waals surface area (Å²) in [6, 6.07) is 11.0. The number of nitrogens with zero attached hydrogens (tertiary/aromatic N) is 1. The maximum absolute atomic E-state index is 13.5. The zero-order chi connectivity index (χ0) is 21.9. The third-order valence-corrected chi connectivity index (χ3v) is 6.78. The van der Waals surface area contributed by atoms with Gasteiger partial charge in [-0.25, -0.2) is 0 Å². The number of aromatic nitrogens is 1. The van der Waals surface area contributed by atoms with Crippen LogP contribution in [0.2, 0.25) is 0 Å². The Morgan fingerprint density at radius 1 is 1.19 bits per heavy atom. The molecule has 2 aromatic carbocycles. The zero-order valence-electron chi connectivity index (χ0n) is 17.7. The molecule has 5 rings (SSSR count). The van der Waals surface area contributed by atoms with E-state index in [1.165, 1.54) is 6.21 Å². The molecule has 6 heteroatoms. The van der Waals surface area contributed by atoms with Gasteiger partial charge >= 0.3 is 0 Å². The Morgan fingerprint density at radius 3 is 2.65 bits per heavy atom. The first-order chi connectivity index (χ1) is 14.8. The van der Waals surface area contributed by atoms with E-state index < -0.39 is 5.41 Å². The van der Waals surface area contributed by atoms with Gasteiger partial charge in [0.05, 0.1) is 11.7 Å². The number of hydrogen-bond donors (Lipinski definition) is 3. The molecule has 1 fully saturated rings. The minimum absolute atomic E-state index is 0.0433. The zero-order valence-corrected chi connectivity index (χ0v) is 17.7. The fourth-order valence-electron chi connectivity index (χ4n) is 4.92. The summed E-state index contributed by atoms with van der Waals surface area (Å²) in [4.78, 5) is 31.7. The van der Waals surface area contributed by atoms with Crippen molar-refractivity contribution in [2.45, 2.75) is 38.2 Å². The van der Waals surface area contributed by atoms with Crippen LogP contribution in [-0.4, -0.2) is 52.1 Å². The number of carbonyl (C=O) groups is 2. The molecule has 1 aliphatic heterocycles. The number of fused-ring (bicyclic) bond motifs is 4. The number of rotatable bonds is 2. The Bertz CT molecular complexity index is 1250. The SMILES string of the molecule is CC1(C)c2cc(C(=O)N3CCC(O)CC3)ccc2C(=O)c2c1[nH]c1cc(C=N)ccc21. The molecule has 1 saturated heterocycles. The van der Waals surface area contributed by atoms with Crippen molar-refractivity contribution in [3.05, 3.63) is 69.9 Å². The number of hydrogen-bond acceptors (Lipinski definition) is 4. The van der Waals surface area contributed by atoms with Gasteiger partial charge in [0.25, 0.3) is 5.91 Å². The number of carbonyl (C=O) groups excluding carboxylic acids is 2. The summed E-state index contributed by atoms with van der Waals surface area (Å²) < 4.78 is 0. The molecule has 3 N–H and O–H groups in total. The summed E-state index contributed by atoms with van der Waals surface area (Å²) >= 11 is 0. The lowest BCUT2D eigenvalue weighted by atomic mass is 9.71. The molecule has 31 heavy (non-hydrogen) atoms. The quantitative estimate of drug-likeness (QED) is 0.558. The summed E-state index contributed by atoms with van der Waals surface area (Å²) in [5.41, 5.74) is 4.67. The van der Waals surface area contributed by atoms with E-state index in [9.17, 15) is 14.7 Å². The van der Waals surface area contributed by atoms with Gasteiger partial charge in [0, 0.05) is 52.4 Å². The Morgan fingerprint density at radius 2 is 1.94 bits per heavy atom. The molecular weight excluding hydrogens is 390 g/mol. The van der Waals surface area contributed by atoms with Crippen molar-refractivity contribution in [1.29, 1.82) is 5.41 Å². The van der Waals surface area contributed by atoms with Crippen molar-refractivity contribution in [2.75, 3.05) is 13.1 Å². The number of aromatic amines is 1. The fourth-order valence-corrected chi connectivity index (χ4v) is 4.92. The lowest BCUT2D eigenvalue weighted by Gasteiger charge is -2.33. The van der Waals surface area contributed by atoms with E-state index in [4.69, 9.17) is 5.41 Å². The van der Waals surface area contributed by atoms with Crippen LogP contribution in [0, 0.1) is 5.41 Å². The highest BCUT2D eigenvalue weighted by atomic mass is 16.3. The van der Waals surface area contributed by atoms with Crippen molar-refractivity contribution in [3.8, 4) is 0 Å². The van der Waals surface area contributed by atoms with Gasteiger partial charge in [-0.1, -0.05) is 26.0 Å². The van der Waals surface area contributed by atoms with E-state index in [2.05, 4.69) is 18.8 Å². The van der Waals surface area contributed by atoms with Crippen molar-refractivity contribution in [2.24, 2.45) is 0 Å². The molecule has 158 valence electrons. The lowest BCUT2D eigenvalue weighted by Crippen LogP contribution is -2.40. The topological polar surface area (TPSA) is 97.2 Å². The predicted molar refractivity (Wildman–Crippen MR) is 119 cm³/mol. The molecule has 1 aromatic heterocycles. The van der Waals surface area contributed by atoms with Gasteiger partial charge in [0.2, 0.25) is 0 Å². The van der Waals surface area contributed by atoms with Crippen LogP contribution in [0.4, 0.5) is 0 Å². The van der Waals surface area contributed by atoms with Crippen LogP contribution >= 0.6 is 0 Å². The van der Waals surface area contributed by atoms with Gasteiger partial charge in [-0.3, -0.25) is 9.59 Å². The molecule has 1 amide bonds. The second-order valence-corrected chi connectivity index (χ2v) is 9.06. The number of piperidine rings is 1. The van der Waals surface area contributed by atoms with Gasteiger partial charge in [-0.05, 0) is 48.2 Å². The number of benzene rings is 2. The molecule has 1 aliphatic carbocycles. The number of aliphatic hydroxyl groups excluding tert-OH is 1. The van der Waals surface area contributed by atoms with Crippen LogP contribution in [0.5, 0.6) is 0 Å². The van der Waals surface area contributed by atoms with E-state index >= 15 is 0 Å². The molecule has 6 nitrogen and oxygen atoms in total. The third kappa shape index (κ3) is 2.93. The van der Waals surface area contributed by atoms with Crippen LogP contribution in [0.3, 0.4) is 0 Å². The minimum Gasteiger partial charge on any atom is -0.393 e. The van der Waals surface area contributed by atoms with E-state index in [-0.39, 0.29) is 17.8 Å². The standard InChI is InChI=1S/C25H25N3O3/c1-25(2)19-12-15(24(31)28-9-7-16(29)8-10-28)4-6-17(19)22(30)21-18-5-3-14(13-26)11-20(18)27-23(21)25/h3-6,11-13,16,26-27,29H,7-10H2,1-2H3. The van der Waals surface area contributed by atoms with E-state index in [1.54, 1.807) is 17.0 Å². The molecule has 3 aromatic rings. The van der Waals surface area contributed by atoms with E-state index in [0.717, 1.165) is 27.7 Å². The van der Waals surface area contributed by atoms with Crippen molar-refractivity contribution in [3.63, 3.8) is 0 Å². The Hall–Kier alpha value is -3.25. The summed E-state index contributed by atoms with van der Waals surface area (Å²) in [6.07, 6.45) is 2.14. The first-order valence-electron chi connectivity index (χ1n) is 10.6. The molecule has 0 atom stereocenters. The van der Waals surface area contributed by atoms with Crippen LogP contribution in [0.1, 0.15) is 69.8 Å². The molecule has 0 radical (unpaired) electrons. The normalized spacial score (nSPS) is 18.0.